The highest BCUT2D eigenvalue weighted by molar-refractivity contribution is 5.63. The second-order valence-corrected chi connectivity index (χ2v) is 4.89. The maximum Gasteiger partial charge on any atom is 0.134 e. The van der Waals surface area contributed by atoms with Gasteiger partial charge in [-0.1, -0.05) is 23.8 Å². The van der Waals surface area contributed by atoms with Gasteiger partial charge < -0.3 is 5.32 Å². The monoisotopic (exact) mass is 239 g/mol. The molecule has 0 radical (unpaired) electrons. The van der Waals surface area contributed by atoms with Gasteiger partial charge in [-0.05, 0) is 25.8 Å². The maximum absolute atomic E-state index is 4.70. The molecule has 92 valence electrons. The van der Waals surface area contributed by atoms with Crippen LogP contribution in [0.1, 0.15) is 30.1 Å². The van der Waals surface area contributed by atoms with E-state index in [1.54, 1.807) is 0 Å². The average molecular weight is 239 g/mol. The molecule has 1 aliphatic rings. The molecular formula is C15H17N3. The van der Waals surface area contributed by atoms with Gasteiger partial charge in [-0.3, -0.25) is 0 Å². The number of nitrogens with one attached hydrogen (secondary N) is 1. The molecule has 18 heavy (non-hydrogen) atoms. The molecule has 1 saturated carbocycles. The minimum Gasteiger partial charge on any atom is -0.373 e. The molecule has 0 bridgehead atoms. The van der Waals surface area contributed by atoms with Gasteiger partial charge in [-0.2, -0.15) is 0 Å². The van der Waals surface area contributed by atoms with E-state index in [1.165, 1.54) is 18.4 Å². The van der Waals surface area contributed by atoms with Gasteiger partial charge in [0, 0.05) is 24.6 Å². The molecule has 0 aliphatic heterocycles. The van der Waals surface area contributed by atoms with Gasteiger partial charge in [-0.15, -0.1) is 0 Å². The van der Waals surface area contributed by atoms with Gasteiger partial charge in [0.05, 0.1) is 5.69 Å². The maximum atomic E-state index is 4.70. The van der Waals surface area contributed by atoms with Crippen molar-refractivity contribution in [3.8, 4) is 11.3 Å². The Morgan fingerprint density at radius 3 is 2.67 bits per heavy atom. The zero-order chi connectivity index (χ0) is 12.5. The van der Waals surface area contributed by atoms with E-state index in [1.807, 2.05) is 13.1 Å². The van der Waals surface area contributed by atoms with E-state index in [-0.39, 0.29) is 0 Å². The Hall–Kier alpha value is -1.90. The molecule has 2 aromatic rings. The zero-order valence-corrected chi connectivity index (χ0v) is 10.8. The fourth-order valence-electron chi connectivity index (χ4n) is 2.07. The number of aryl methyl sites for hydroxylation is 1. The Kier molecular flexibility index (Phi) is 2.74. The molecular weight excluding hydrogens is 222 g/mol. The van der Waals surface area contributed by atoms with Crippen LogP contribution in [-0.4, -0.2) is 17.0 Å². The Morgan fingerprint density at radius 1 is 1.17 bits per heavy atom. The van der Waals surface area contributed by atoms with Gasteiger partial charge in [0.15, 0.2) is 0 Å². The van der Waals surface area contributed by atoms with Crippen LogP contribution in [0.25, 0.3) is 11.3 Å². The Morgan fingerprint density at radius 2 is 2.00 bits per heavy atom. The van der Waals surface area contributed by atoms with Crippen LogP contribution in [0.3, 0.4) is 0 Å². The van der Waals surface area contributed by atoms with Crippen molar-refractivity contribution in [1.82, 2.24) is 9.97 Å². The van der Waals surface area contributed by atoms with Gasteiger partial charge in [0.2, 0.25) is 0 Å². The highest BCUT2D eigenvalue weighted by atomic mass is 15.0. The molecule has 1 N–H and O–H groups in total. The summed E-state index contributed by atoms with van der Waals surface area (Å²) in [6.45, 7) is 2.10. The first-order chi connectivity index (χ1) is 8.76. The smallest absolute Gasteiger partial charge is 0.134 e. The molecule has 0 unspecified atom stereocenters. The summed E-state index contributed by atoms with van der Waals surface area (Å²) in [7, 11) is 1.90. The first-order valence-electron chi connectivity index (χ1n) is 6.40. The van der Waals surface area contributed by atoms with Crippen LogP contribution in [0.15, 0.2) is 30.3 Å². The van der Waals surface area contributed by atoms with Crippen molar-refractivity contribution in [3.05, 3.63) is 41.7 Å². The second kappa shape index (κ2) is 4.41. The predicted octanol–water partition coefficient (Wildman–Crippen LogP) is 3.37. The lowest BCUT2D eigenvalue weighted by Crippen LogP contribution is -2.00. The van der Waals surface area contributed by atoms with Crippen molar-refractivity contribution >= 4 is 5.82 Å². The van der Waals surface area contributed by atoms with E-state index in [0.29, 0.717) is 5.92 Å². The van der Waals surface area contributed by atoms with Crippen LogP contribution in [0.4, 0.5) is 5.82 Å². The number of hydrogen-bond donors (Lipinski definition) is 1. The molecule has 0 atom stereocenters. The van der Waals surface area contributed by atoms with Crippen LogP contribution in [0, 0.1) is 6.92 Å². The van der Waals surface area contributed by atoms with Crippen molar-refractivity contribution in [2.75, 3.05) is 12.4 Å². The molecule has 3 nitrogen and oxygen atoms in total. The first kappa shape index (κ1) is 11.2. The molecule has 0 spiro atoms. The normalized spacial score (nSPS) is 14.6. The average Bonchev–Trinajstić information content (AvgIpc) is 3.22. The molecule has 1 aliphatic carbocycles. The Balaban J connectivity index is 2.07. The number of nitrogens with zero attached hydrogens (tertiary/aromatic N) is 2. The quantitative estimate of drug-likeness (QED) is 0.892. The fourth-order valence-corrected chi connectivity index (χ4v) is 2.07. The van der Waals surface area contributed by atoms with Crippen LogP contribution in [0.5, 0.6) is 0 Å². The van der Waals surface area contributed by atoms with E-state index in [9.17, 15) is 0 Å². The van der Waals surface area contributed by atoms with E-state index in [0.717, 1.165) is 22.9 Å². The number of benzene rings is 1. The van der Waals surface area contributed by atoms with Crippen molar-refractivity contribution in [3.63, 3.8) is 0 Å². The first-order valence-corrected chi connectivity index (χ1v) is 6.40. The summed E-state index contributed by atoms with van der Waals surface area (Å²) in [6, 6.07) is 10.5. The Labute approximate surface area is 107 Å². The lowest BCUT2D eigenvalue weighted by molar-refractivity contribution is 0.932. The van der Waals surface area contributed by atoms with Crippen molar-refractivity contribution in [2.45, 2.75) is 25.7 Å². The van der Waals surface area contributed by atoms with Crippen LogP contribution < -0.4 is 5.32 Å². The predicted molar refractivity (Wildman–Crippen MR) is 73.7 cm³/mol. The lowest BCUT2D eigenvalue weighted by Gasteiger charge is -2.08. The highest BCUT2D eigenvalue weighted by Gasteiger charge is 2.27. The highest BCUT2D eigenvalue weighted by Crippen LogP contribution is 2.39. The van der Waals surface area contributed by atoms with Crippen LogP contribution in [0.2, 0.25) is 0 Å². The summed E-state index contributed by atoms with van der Waals surface area (Å²) in [4.78, 5) is 9.24. The van der Waals surface area contributed by atoms with Crippen LogP contribution >= 0.6 is 0 Å². The molecule has 0 amide bonds. The summed E-state index contributed by atoms with van der Waals surface area (Å²) in [6.07, 6.45) is 2.45. The molecule has 1 aromatic heterocycles. The van der Waals surface area contributed by atoms with E-state index in [4.69, 9.17) is 4.98 Å². The molecule has 3 heteroatoms. The van der Waals surface area contributed by atoms with E-state index < -0.39 is 0 Å². The summed E-state index contributed by atoms with van der Waals surface area (Å²) in [5.74, 6) is 2.46. The number of anilines is 1. The summed E-state index contributed by atoms with van der Waals surface area (Å²) < 4.78 is 0. The summed E-state index contributed by atoms with van der Waals surface area (Å²) in [5, 5.41) is 3.12. The second-order valence-electron chi connectivity index (χ2n) is 4.89. The van der Waals surface area contributed by atoms with Gasteiger partial charge in [-0.25, -0.2) is 9.97 Å². The Bertz CT molecular complexity index is 574. The number of hydrogen-bond acceptors (Lipinski definition) is 3. The van der Waals surface area contributed by atoms with Gasteiger partial charge in [0.1, 0.15) is 11.6 Å². The number of aromatic nitrogens is 2. The molecule has 3 rings (SSSR count). The largest absolute Gasteiger partial charge is 0.373 e. The van der Waals surface area contributed by atoms with Crippen LogP contribution in [-0.2, 0) is 0 Å². The molecule has 0 saturated heterocycles. The van der Waals surface area contributed by atoms with Crippen molar-refractivity contribution < 1.29 is 0 Å². The van der Waals surface area contributed by atoms with Crippen molar-refractivity contribution in [2.24, 2.45) is 0 Å². The standard InChI is InChI=1S/C15H17N3/c1-10-4-3-5-12(8-10)13-9-14(16-2)18-15(17-13)11-6-7-11/h3-5,8-9,11H,6-7H2,1-2H3,(H,16,17,18). The summed E-state index contributed by atoms with van der Waals surface area (Å²) >= 11 is 0. The molecule has 1 heterocycles. The fraction of sp³-hybridized carbons (Fsp3) is 0.333. The molecule has 1 aromatic carbocycles. The zero-order valence-electron chi connectivity index (χ0n) is 10.8. The van der Waals surface area contributed by atoms with E-state index >= 15 is 0 Å². The van der Waals surface area contributed by atoms with Crippen molar-refractivity contribution in [1.29, 1.82) is 0 Å². The third-order valence-corrected chi connectivity index (χ3v) is 3.26. The SMILES string of the molecule is CNc1cc(-c2cccc(C)c2)nc(C2CC2)n1. The number of rotatable bonds is 3. The summed E-state index contributed by atoms with van der Waals surface area (Å²) in [5.41, 5.74) is 3.43. The lowest BCUT2D eigenvalue weighted by atomic mass is 10.1. The third-order valence-electron chi connectivity index (χ3n) is 3.26. The topological polar surface area (TPSA) is 37.8 Å². The van der Waals surface area contributed by atoms with E-state index in [2.05, 4.69) is 41.5 Å². The minimum absolute atomic E-state index is 0.571. The van der Waals surface area contributed by atoms with Gasteiger partial charge in [0.25, 0.3) is 0 Å². The van der Waals surface area contributed by atoms with Gasteiger partial charge >= 0.3 is 0 Å². The molecule has 1 fully saturated rings. The minimum atomic E-state index is 0.571. The third kappa shape index (κ3) is 2.21.